The Kier molecular flexibility index (Phi) is 3.73. The van der Waals surface area contributed by atoms with E-state index in [-0.39, 0.29) is 11.9 Å². The van der Waals surface area contributed by atoms with Gasteiger partial charge in [0.25, 0.3) is 0 Å². The molecule has 1 atom stereocenters. The molecule has 3 fully saturated rings. The summed E-state index contributed by atoms with van der Waals surface area (Å²) in [5.41, 5.74) is 2.09. The van der Waals surface area contributed by atoms with Crippen molar-refractivity contribution in [3.63, 3.8) is 0 Å². The van der Waals surface area contributed by atoms with E-state index in [4.69, 9.17) is 4.74 Å². The predicted molar refractivity (Wildman–Crippen MR) is 85.7 cm³/mol. The zero-order valence-electron chi connectivity index (χ0n) is 13.2. The number of aryl methyl sites for hydroxylation is 1. The molecule has 0 spiro atoms. The van der Waals surface area contributed by atoms with E-state index in [0.717, 1.165) is 12.1 Å². The highest BCUT2D eigenvalue weighted by molar-refractivity contribution is 5.62. The van der Waals surface area contributed by atoms with Gasteiger partial charge in [-0.25, -0.2) is 14.4 Å². The van der Waals surface area contributed by atoms with E-state index < -0.39 is 0 Å². The quantitative estimate of drug-likeness (QED) is 0.873. The van der Waals surface area contributed by atoms with Crippen LogP contribution in [0.2, 0.25) is 0 Å². The van der Waals surface area contributed by atoms with Crippen LogP contribution in [-0.4, -0.2) is 40.6 Å². The lowest BCUT2D eigenvalue weighted by molar-refractivity contribution is -0.0123. The van der Waals surface area contributed by atoms with Crippen molar-refractivity contribution in [3.05, 3.63) is 42.0 Å². The number of nitrogens with zero attached hydrogens (tertiary/aromatic N) is 3. The highest BCUT2D eigenvalue weighted by atomic mass is 19.1. The first-order valence-electron chi connectivity index (χ1n) is 8.16. The minimum absolute atomic E-state index is 0.180. The van der Waals surface area contributed by atoms with Gasteiger partial charge < -0.3 is 4.74 Å². The molecule has 2 bridgehead atoms. The summed E-state index contributed by atoms with van der Waals surface area (Å²) in [5, 5.41) is 0. The minimum Gasteiger partial charge on any atom is -0.458 e. The third kappa shape index (κ3) is 2.93. The summed E-state index contributed by atoms with van der Waals surface area (Å²) < 4.78 is 20.0. The van der Waals surface area contributed by atoms with Crippen LogP contribution >= 0.6 is 0 Å². The molecule has 3 aliphatic heterocycles. The molecule has 3 aliphatic rings. The van der Waals surface area contributed by atoms with Crippen LogP contribution < -0.4 is 4.74 Å². The molecule has 2 aromatic rings. The van der Waals surface area contributed by atoms with Gasteiger partial charge in [-0.15, -0.1) is 0 Å². The second-order valence-corrected chi connectivity index (χ2v) is 6.53. The minimum atomic E-state index is -0.250. The fourth-order valence-electron chi connectivity index (χ4n) is 3.55. The summed E-state index contributed by atoms with van der Waals surface area (Å²) in [4.78, 5) is 11.0. The molecule has 5 rings (SSSR count). The highest BCUT2D eigenvalue weighted by Gasteiger charge is 2.35. The molecular weight excluding hydrogens is 293 g/mol. The van der Waals surface area contributed by atoms with Gasteiger partial charge in [0, 0.05) is 30.1 Å². The fourth-order valence-corrected chi connectivity index (χ4v) is 3.55. The van der Waals surface area contributed by atoms with Crippen molar-refractivity contribution in [2.75, 3.05) is 19.6 Å². The lowest BCUT2D eigenvalue weighted by Crippen LogP contribution is -2.52. The summed E-state index contributed by atoms with van der Waals surface area (Å²) in [6, 6.07) is 5.56. The van der Waals surface area contributed by atoms with E-state index in [0.29, 0.717) is 23.1 Å². The third-order valence-electron chi connectivity index (χ3n) is 4.92. The topological polar surface area (TPSA) is 38.2 Å². The monoisotopic (exact) mass is 313 g/mol. The lowest BCUT2D eigenvalue weighted by Gasteiger charge is -2.43. The summed E-state index contributed by atoms with van der Waals surface area (Å²) >= 11 is 0. The number of hydrogen-bond acceptors (Lipinski definition) is 4. The Morgan fingerprint density at radius 1 is 1.17 bits per heavy atom. The first kappa shape index (κ1) is 14.6. The Bertz CT molecular complexity index is 696. The van der Waals surface area contributed by atoms with Crippen molar-refractivity contribution in [2.45, 2.75) is 25.9 Å². The molecule has 5 heteroatoms. The first-order valence-corrected chi connectivity index (χ1v) is 8.16. The predicted octanol–water partition coefficient (Wildman–Crippen LogP) is 3.06. The Morgan fingerprint density at radius 3 is 2.52 bits per heavy atom. The van der Waals surface area contributed by atoms with Crippen LogP contribution in [0.4, 0.5) is 4.39 Å². The molecule has 23 heavy (non-hydrogen) atoms. The first-order chi connectivity index (χ1) is 11.2. The molecule has 0 aliphatic carbocycles. The van der Waals surface area contributed by atoms with Gasteiger partial charge in [0.05, 0.1) is 0 Å². The Labute approximate surface area is 135 Å². The van der Waals surface area contributed by atoms with E-state index in [9.17, 15) is 4.39 Å². The van der Waals surface area contributed by atoms with Crippen molar-refractivity contribution in [1.82, 2.24) is 14.9 Å². The maximum absolute atomic E-state index is 14.0. The average Bonchev–Trinajstić information content (AvgIpc) is 2.57. The summed E-state index contributed by atoms with van der Waals surface area (Å²) in [6.07, 6.45) is 5.84. The van der Waals surface area contributed by atoms with Gasteiger partial charge in [0.1, 0.15) is 11.9 Å². The number of benzene rings is 1. The highest BCUT2D eigenvalue weighted by Crippen LogP contribution is 2.30. The summed E-state index contributed by atoms with van der Waals surface area (Å²) in [6.45, 7) is 5.19. The third-order valence-corrected chi connectivity index (χ3v) is 4.92. The molecule has 0 saturated carbocycles. The number of ether oxygens (including phenoxy) is 1. The molecule has 4 nitrogen and oxygen atoms in total. The lowest BCUT2D eigenvalue weighted by atomic mass is 9.86. The van der Waals surface area contributed by atoms with Gasteiger partial charge in [0.2, 0.25) is 0 Å². The molecule has 120 valence electrons. The second-order valence-electron chi connectivity index (χ2n) is 6.53. The van der Waals surface area contributed by atoms with E-state index >= 15 is 0 Å². The molecule has 0 unspecified atom stereocenters. The Balaban J connectivity index is 1.50. The van der Waals surface area contributed by atoms with Gasteiger partial charge in [-0.05, 0) is 50.4 Å². The molecule has 4 heterocycles. The van der Waals surface area contributed by atoms with E-state index in [1.165, 1.54) is 32.0 Å². The van der Waals surface area contributed by atoms with Gasteiger partial charge in [0.15, 0.2) is 0 Å². The van der Waals surface area contributed by atoms with Crippen LogP contribution in [-0.2, 0) is 0 Å². The average molecular weight is 313 g/mol. The van der Waals surface area contributed by atoms with Crippen LogP contribution in [0.3, 0.4) is 0 Å². The molecule has 1 aromatic heterocycles. The number of hydrogen-bond donors (Lipinski definition) is 0. The van der Waals surface area contributed by atoms with Crippen LogP contribution in [0.25, 0.3) is 11.1 Å². The van der Waals surface area contributed by atoms with Crippen molar-refractivity contribution in [3.8, 4) is 17.1 Å². The smallest absolute Gasteiger partial charge is 0.316 e. The summed E-state index contributed by atoms with van der Waals surface area (Å²) in [7, 11) is 0. The van der Waals surface area contributed by atoms with Gasteiger partial charge in [-0.1, -0.05) is 12.1 Å². The zero-order valence-corrected chi connectivity index (χ0v) is 13.2. The molecule has 3 saturated heterocycles. The van der Waals surface area contributed by atoms with Gasteiger partial charge in [-0.3, -0.25) is 4.90 Å². The van der Waals surface area contributed by atoms with Crippen LogP contribution in [0.5, 0.6) is 6.01 Å². The number of halogens is 1. The van der Waals surface area contributed by atoms with Crippen molar-refractivity contribution < 1.29 is 9.13 Å². The number of rotatable bonds is 3. The van der Waals surface area contributed by atoms with E-state index in [2.05, 4.69) is 14.9 Å². The van der Waals surface area contributed by atoms with Gasteiger partial charge >= 0.3 is 6.01 Å². The largest absolute Gasteiger partial charge is 0.458 e. The molecule has 1 aromatic carbocycles. The molecule has 0 N–H and O–H groups in total. The van der Waals surface area contributed by atoms with Crippen molar-refractivity contribution in [1.29, 1.82) is 0 Å². The van der Waals surface area contributed by atoms with E-state index in [1.54, 1.807) is 18.5 Å². The van der Waals surface area contributed by atoms with Crippen LogP contribution in [0.1, 0.15) is 18.4 Å². The zero-order chi connectivity index (χ0) is 15.8. The SMILES string of the molecule is Cc1ccc(-c2cnc(O[C@@H]3CN4CCC3CC4)nc2)c(F)c1. The van der Waals surface area contributed by atoms with Crippen LogP contribution in [0.15, 0.2) is 30.6 Å². The van der Waals surface area contributed by atoms with Gasteiger partial charge in [-0.2, -0.15) is 0 Å². The normalized spacial score (nSPS) is 26.3. The number of piperidine rings is 3. The second kappa shape index (κ2) is 5.89. The van der Waals surface area contributed by atoms with Crippen molar-refractivity contribution in [2.24, 2.45) is 5.92 Å². The summed E-state index contributed by atoms with van der Waals surface area (Å²) in [5.74, 6) is 0.359. The molecule has 0 radical (unpaired) electrons. The maximum Gasteiger partial charge on any atom is 0.316 e. The maximum atomic E-state index is 14.0. The van der Waals surface area contributed by atoms with Crippen molar-refractivity contribution >= 4 is 0 Å². The molecule has 0 amide bonds. The van der Waals surface area contributed by atoms with E-state index in [1.807, 2.05) is 13.0 Å². The standard InChI is InChI=1S/C18H20FN3O/c1-12-2-3-15(16(19)8-12)14-9-20-18(21-10-14)23-17-11-22-6-4-13(17)5-7-22/h2-3,8-10,13,17H,4-7,11H2,1H3/t17-/m1/s1. The fraction of sp³-hybridized carbons (Fsp3) is 0.444. The molecular formula is C18H20FN3O. The van der Waals surface area contributed by atoms with Crippen LogP contribution in [0, 0.1) is 18.7 Å². The number of fused-ring (bicyclic) bond motifs is 3. The Hall–Kier alpha value is -2.01. The number of aromatic nitrogens is 2. The Morgan fingerprint density at radius 2 is 1.91 bits per heavy atom.